The van der Waals surface area contributed by atoms with Crippen LogP contribution in [0.15, 0.2) is 22.6 Å². The van der Waals surface area contributed by atoms with Crippen LogP contribution in [0.4, 0.5) is 4.39 Å². The zero-order valence-electron chi connectivity index (χ0n) is 11.3. The minimum absolute atomic E-state index is 0.0289. The van der Waals surface area contributed by atoms with Gasteiger partial charge in [-0.3, -0.25) is 4.79 Å². The van der Waals surface area contributed by atoms with Gasteiger partial charge in [-0.15, -0.1) is 0 Å². The summed E-state index contributed by atoms with van der Waals surface area (Å²) in [4.78, 5) is 24.2. The Bertz CT molecular complexity index is 692. The number of carboxylic acid groups (broad SMARTS) is 1. The molecule has 1 aromatic heterocycles. The van der Waals surface area contributed by atoms with Crippen LogP contribution in [0.2, 0.25) is 0 Å². The molecule has 0 aliphatic rings. The van der Waals surface area contributed by atoms with Gasteiger partial charge in [0.05, 0.1) is 0 Å². The summed E-state index contributed by atoms with van der Waals surface area (Å²) >= 11 is 0. The number of hydrogen-bond donors (Lipinski definition) is 1. The molecule has 0 aliphatic carbocycles. The molecule has 20 heavy (non-hydrogen) atoms. The number of carboxylic acids is 1. The quantitative estimate of drug-likeness (QED) is 0.936. The molecule has 2 aromatic rings. The summed E-state index contributed by atoms with van der Waals surface area (Å²) in [5.41, 5.74) is 0.887. The van der Waals surface area contributed by atoms with Crippen molar-refractivity contribution in [3.63, 3.8) is 0 Å². The first-order chi connectivity index (χ1) is 9.32. The molecule has 2 rings (SSSR count). The smallest absolute Gasteiger partial charge is 0.326 e. The lowest BCUT2D eigenvalue weighted by molar-refractivity contribution is -0.141. The van der Waals surface area contributed by atoms with Crippen LogP contribution in [0.1, 0.15) is 23.0 Å². The van der Waals surface area contributed by atoms with E-state index in [1.54, 1.807) is 6.92 Å². The third-order valence-electron chi connectivity index (χ3n) is 3.35. The number of fused-ring (bicyclic) bond motifs is 1. The standard InChI is InChI=1S/C14H14FNO4/c1-7-10-6-9(15)4-5-11(10)20-12(7)13(17)16(3)8(2)14(18)19/h4-6,8H,1-3H3,(H,18,19). The monoisotopic (exact) mass is 279 g/mol. The van der Waals surface area contributed by atoms with Gasteiger partial charge in [0.25, 0.3) is 5.91 Å². The van der Waals surface area contributed by atoms with E-state index in [4.69, 9.17) is 9.52 Å². The van der Waals surface area contributed by atoms with Crippen molar-refractivity contribution in [1.82, 2.24) is 4.90 Å². The summed E-state index contributed by atoms with van der Waals surface area (Å²) in [6, 6.07) is 2.98. The molecule has 1 N–H and O–H groups in total. The second kappa shape index (κ2) is 4.96. The Morgan fingerprint density at radius 1 is 1.40 bits per heavy atom. The lowest BCUT2D eigenvalue weighted by atomic mass is 10.1. The number of aliphatic carboxylic acids is 1. The number of carbonyl (C=O) groups is 2. The van der Waals surface area contributed by atoms with Gasteiger partial charge in [0.15, 0.2) is 5.76 Å². The van der Waals surface area contributed by atoms with Crippen LogP contribution < -0.4 is 0 Å². The van der Waals surface area contributed by atoms with Gasteiger partial charge in [0.2, 0.25) is 0 Å². The molecule has 0 saturated heterocycles. The van der Waals surface area contributed by atoms with E-state index in [1.807, 2.05) is 0 Å². The first kappa shape index (κ1) is 14.0. The molecule has 1 heterocycles. The van der Waals surface area contributed by atoms with Crippen LogP contribution >= 0.6 is 0 Å². The third-order valence-corrected chi connectivity index (χ3v) is 3.35. The minimum atomic E-state index is -1.11. The number of aryl methyl sites for hydroxylation is 1. The molecular formula is C14H14FNO4. The molecule has 0 saturated carbocycles. The Morgan fingerprint density at radius 3 is 2.65 bits per heavy atom. The summed E-state index contributed by atoms with van der Waals surface area (Å²) in [6.07, 6.45) is 0. The second-order valence-corrected chi connectivity index (χ2v) is 4.63. The van der Waals surface area contributed by atoms with Crippen LogP contribution in [0.25, 0.3) is 11.0 Å². The third kappa shape index (κ3) is 2.24. The molecule has 1 unspecified atom stereocenters. The van der Waals surface area contributed by atoms with E-state index < -0.39 is 23.7 Å². The normalized spacial score (nSPS) is 12.4. The van der Waals surface area contributed by atoms with Crippen molar-refractivity contribution < 1.29 is 23.5 Å². The van der Waals surface area contributed by atoms with E-state index in [-0.39, 0.29) is 5.76 Å². The lowest BCUT2D eigenvalue weighted by Crippen LogP contribution is -2.40. The van der Waals surface area contributed by atoms with Crippen LogP contribution in [-0.2, 0) is 4.79 Å². The summed E-state index contributed by atoms with van der Waals surface area (Å²) in [6.45, 7) is 3.04. The molecule has 0 bridgehead atoms. The SMILES string of the molecule is Cc1c(C(=O)N(C)C(C)C(=O)O)oc2ccc(F)cc12. The molecular weight excluding hydrogens is 265 g/mol. The summed E-state index contributed by atoms with van der Waals surface area (Å²) in [5.74, 6) is -2.05. The zero-order valence-corrected chi connectivity index (χ0v) is 11.3. The van der Waals surface area contributed by atoms with E-state index in [0.717, 1.165) is 4.90 Å². The van der Waals surface area contributed by atoms with E-state index in [2.05, 4.69) is 0 Å². The maximum atomic E-state index is 13.2. The van der Waals surface area contributed by atoms with Crippen LogP contribution in [-0.4, -0.2) is 35.0 Å². The van der Waals surface area contributed by atoms with E-state index in [9.17, 15) is 14.0 Å². The number of benzene rings is 1. The predicted octanol–water partition coefficient (Wildman–Crippen LogP) is 2.43. The number of furan rings is 1. The fraction of sp³-hybridized carbons (Fsp3) is 0.286. The summed E-state index contributed by atoms with van der Waals surface area (Å²) < 4.78 is 18.6. The Balaban J connectivity index is 2.45. The molecule has 0 radical (unpaired) electrons. The van der Waals surface area contributed by atoms with Crippen LogP contribution in [0.3, 0.4) is 0 Å². The Labute approximate surface area is 114 Å². The molecule has 0 fully saturated rings. The summed E-state index contributed by atoms with van der Waals surface area (Å²) in [5, 5.41) is 9.42. The second-order valence-electron chi connectivity index (χ2n) is 4.63. The lowest BCUT2D eigenvalue weighted by Gasteiger charge is -2.20. The number of likely N-dealkylation sites (N-methyl/N-ethyl adjacent to an activating group) is 1. The Hall–Kier alpha value is -2.37. The highest BCUT2D eigenvalue weighted by Crippen LogP contribution is 2.27. The fourth-order valence-electron chi connectivity index (χ4n) is 1.90. The van der Waals surface area contributed by atoms with Crippen LogP contribution in [0.5, 0.6) is 0 Å². The number of amides is 1. The Morgan fingerprint density at radius 2 is 2.05 bits per heavy atom. The van der Waals surface area contributed by atoms with Gasteiger partial charge >= 0.3 is 5.97 Å². The van der Waals surface area contributed by atoms with Crippen molar-refractivity contribution in [2.45, 2.75) is 19.9 Å². The molecule has 0 aliphatic heterocycles. The van der Waals surface area contributed by atoms with Crippen LogP contribution in [0, 0.1) is 12.7 Å². The van der Waals surface area contributed by atoms with Crippen molar-refractivity contribution in [1.29, 1.82) is 0 Å². The average Bonchev–Trinajstić information content (AvgIpc) is 2.73. The van der Waals surface area contributed by atoms with E-state index in [0.29, 0.717) is 16.5 Å². The number of carbonyl (C=O) groups excluding carboxylic acids is 1. The molecule has 1 aromatic carbocycles. The van der Waals surface area contributed by atoms with Gasteiger partial charge in [-0.1, -0.05) is 0 Å². The minimum Gasteiger partial charge on any atom is -0.480 e. The maximum absolute atomic E-state index is 13.2. The van der Waals surface area contributed by atoms with Gasteiger partial charge in [-0.25, -0.2) is 9.18 Å². The highest BCUT2D eigenvalue weighted by Gasteiger charge is 2.27. The first-order valence-electron chi connectivity index (χ1n) is 6.01. The zero-order chi connectivity index (χ0) is 15.0. The van der Waals surface area contributed by atoms with Gasteiger partial charge in [-0.05, 0) is 32.0 Å². The van der Waals surface area contributed by atoms with Crippen molar-refractivity contribution in [2.75, 3.05) is 7.05 Å². The average molecular weight is 279 g/mol. The number of halogens is 1. The molecule has 6 heteroatoms. The van der Waals surface area contributed by atoms with Gasteiger partial charge in [0.1, 0.15) is 17.4 Å². The highest BCUT2D eigenvalue weighted by molar-refractivity contribution is 6.00. The number of nitrogens with zero attached hydrogens (tertiary/aromatic N) is 1. The fourth-order valence-corrected chi connectivity index (χ4v) is 1.90. The molecule has 1 atom stereocenters. The van der Waals surface area contributed by atoms with Gasteiger partial charge < -0.3 is 14.4 Å². The number of hydrogen-bond acceptors (Lipinski definition) is 3. The van der Waals surface area contributed by atoms with E-state index >= 15 is 0 Å². The molecule has 5 nitrogen and oxygen atoms in total. The predicted molar refractivity (Wildman–Crippen MR) is 70.1 cm³/mol. The van der Waals surface area contributed by atoms with Gasteiger partial charge in [0, 0.05) is 18.0 Å². The van der Waals surface area contributed by atoms with E-state index in [1.165, 1.54) is 32.2 Å². The summed E-state index contributed by atoms with van der Waals surface area (Å²) in [7, 11) is 1.38. The number of rotatable bonds is 3. The highest BCUT2D eigenvalue weighted by atomic mass is 19.1. The van der Waals surface area contributed by atoms with Gasteiger partial charge in [-0.2, -0.15) is 0 Å². The van der Waals surface area contributed by atoms with Crippen molar-refractivity contribution in [2.24, 2.45) is 0 Å². The van der Waals surface area contributed by atoms with Crippen molar-refractivity contribution in [3.8, 4) is 0 Å². The first-order valence-corrected chi connectivity index (χ1v) is 6.01. The molecule has 106 valence electrons. The van der Waals surface area contributed by atoms with Crippen molar-refractivity contribution in [3.05, 3.63) is 35.3 Å². The topological polar surface area (TPSA) is 70.8 Å². The van der Waals surface area contributed by atoms with Crippen molar-refractivity contribution >= 4 is 22.8 Å². The Kier molecular flexibility index (Phi) is 3.48. The molecule has 0 spiro atoms. The maximum Gasteiger partial charge on any atom is 0.326 e. The largest absolute Gasteiger partial charge is 0.480 e. The molecule has 1 amide bonds.